The highest BCUT2D eigenvalue weighted by molar-refractivity contribution is 6.31. The Morgan fingerprint density at radius 2 is 2.14 bits per heavy atom. The molecule has 2 amide bonds. The number of hydrogen-bond acceptors (Lipinski definition) is 3. The predicted octanol–water partition coefficient (Wildman–Crippen LogP) is 1.91. The van der Waals surface area contributed by atoms with Gasteiger partial charge in [0, 0.05) is 23.7 Å². The van der Waals surface area contributed by atoms with Crippen molar-refractivity contribution in [2.45, 2.75) is 38.0 Å². The lowest BCUT2D eigenvalue weighted by atomic mass is 10.0. The van der Waals surface area contributed by atoms with Crippen LogP contribution >= 0.6 is 11.6 Å². The SMILES string of the molecule is C[C@@H]1CC[C@H](C(=O)N2CCNC(=O)[C@H]2c2ccccc2Cl)O1. The number of nitrogens with one attached hydrogen (secondary N) is 1. The van der Waals surface area contributed by atoms with Gasteiger partial charge in [0.2, 0.25) is 5.91 Å². The zero-order valence-electron chi connectivity index (χ0n) is 12.4. The Kier molecular flexibility index (Phi) is 4.36. The molecular weight excluding hydrogens is 304 g/mol. The number of carbonyl (C=O) groups is 2. The summed E-state index contributed by atoms with van der Waals surface area (Å²) in [6.07, 6.45) is 1.21. The monoisotopic (exact) mass is 322 g/mol. The molecule has 0 aromatic heterocycles. The maximum atomic E-state index is 12.8. The predicted molar refractivity (Wildman–Crippen MR) is 82.5 cm³/mol. The van der Waals surface area contributed by atoms with Gasteiger partial charge in [-0.05, 0) is 25.8 Å². The average molecular weight is 323 g/mol. The number of halogens is 1. The van der Waals surface area contributed by atoms with E-state index in [-0.39, 0.29) is 17.9 Å². The van der Waals surface area contributed by atoms with Crippen molar-refractivity contribution >= 4 is 23.4 Å². The summed E-state index contributed by atoms with van der Waals surface area (Å²) >= 11 is 6.23. The Bertz CT molecular complexity index is 593. The van der Waals surface area contributed by atoms with Gasteiger partial charge in [0.25, 0.3) is 5.91 Å². The second kappa shape index (κ2) is 6.26. The van der Waals surface area contributed by atoms with Crippen LogP contribution in [0.4, 0.5) is 0 Å². The molecule has 3 atom stereocenters. The first-order valence-electron chi connectivity index (χ1n) is 7.56. The van der Waals surface area contributed by atoms with E-state index in [9.17, 15) is 9.59 Å². The summed E-state index contributed by atoms with van der Waals surface area (Å²) in [5.41, 5.74) is 0.653. The van der Waals surface area contributed by atoms with Gasteiger partial charge >= 0.3 is 0 Å². The minimum atomic E-state index is -0.686. The average Bonchev–Trinajstić information content (AvgIpc) is 2.94. The van der Waals surface area contributed by atoms with Crippen molar-refractivity contribution < 1.29 is 14.3 Å². The van der Waals surface area contributed by atoms with Crippen LogP contribution in [0.2, 0.25) is 5.02 Å². The molecule has 0 unspecified atom stereocenters. The Morgan fingerprint density at radius 1 is 1.36 bits per heavy atom. The first-order chi connectivity index (χ1) is 10.6. The maximum Gasteiger partial charge on any atom is 0.252 e. The van der Waals surface area contributed by atoms with Crippen LogP contribution in [0.15, 0.2) is 24.3 Å². The number of ether oxygens (including phenoxy) is 1. The lowest BCUT2D eigenvalue weighted by Gasteiger charge is -2.36. The van der Waals surface area contributed by atoms with E-state index in [1.54, 1.807) is 23.1 Å². The highest BCUT2D eigenvalue weighted by Crippen LogP contribution is 2.31. The lowest BCUT2D eigenvalue weighted by Crippen LogP contribution is -2.54. The number of piperazine rings is 1. The van der Waals surface area contributed by atoms with Crippen LogP contribution in [0.1, 0.15) is 31.4 Å². The topological polar surface area (TPSA) is 58.6 Å². The molecule has 2 aliphatic rings. The van der Waals surface area contributed by atoms with Gasteiger partial charge in [-0.25, -0.2) is 0 Å². The lowest BCUT2D eigenvalue weighted by molar-refractivity contribution is -0.151. The summed E-state index contributed by atoms with van der Waals surface area (Å²) in [7, 11) is 0. The van der Waals surface area contributed by atoms with E-state index in [0.29, 0.717) is 30.1 Å². The summed E-state index contributed by atoms with van der Waals surface area (Å²) in [4.78, 5) is 26.7. The standard InChI is InChI=1S/C16H19ClN2O3/c1-10-6-7-13(22-10)16(21)19-9-8-18-15(20)14(19)11-4-2-3-5-12(11)17/h2-5,10,13-14H,6-9H2,1H3,(H,18,20)/t10-,13-,14-/m1/s1. The molecule has 0 aliphatic carbocycles. The minimum absolute atomic E-state index is 0.0892. The molecule has 22 heavy (non-hydrogen) atoms. The van der Waals surface area contributed by atoms with Gasteiger partial charge in [-0.1, -0.05) is 29.8 Å². The number of amides is 2. The van der Waals surface area contributed by atoms with Gasteiger partial charge in [-0.15, -0.1) is 0 Å². The summed E-state index contributed by atoms with van der Waals surface area (Å²) in [6.45, 7) is 2.88. The van der Waals surface area contributed by atoms with E-state index >= 15 is 0 Å². The fraction of sp³-hybridized carbons (Fsp3) is 0.500. The second-order valence-corrected chi connectivity index (χ2v) is 6.17. The Balaban J connectivity index is 1.89. The first-order valence-corrected chi connectivity index (χ1v) is 7.94. The van der Waals surface area contributed by atoms with E-state index in [4.69, 9.17) is 16.3 Å². The zero-order chi connectivity index (χ0) is 15.7. The number of benzene rings is 1. The number of nitrogens with zero attached hydrogens (tertiary/aromatic N) is 1. The van der Waals surface area contributed by atoms with Crippen LogP contribution in [0.3, 0.4) is 0 Å². The summed E-state index contributed by atoms with van der Waals surface area (Å²) in [5.74, 6) is -0.317. The largest absolute Gasteiger partial charge is 0.365 e. The van der Waals surface area contributed by atoms with Crippen LogP contribution in [-0.2, 0) is 14.3 Å². The van der Waals surface area contributed by atoms with Crippen LogP contribution < -0.4 is 5.32 Å². The van der Waals surface area contributed by atoms with E-state index in [2.05, 4.69) is 5.32 Å². The minimum Gasteiger partial charge on any atom is -0.365 e. The van der Waals surface area contributed by atoms with E-state index in [1.807, 2.05) is 13.0 Å². The Labute approximate surface area is 134 Å². The molecule has 118 valence electrons. The molecule has 2 saturated heterocycles. The number of carbonyl (C=O) groups excluding carboxylic acids is 2. The molecule has 2 fully saturated rings. The van der Waals surface area contributed by atoms with Crippen LogP contribution in [0, 0.1) is 0 Å². The van der Waals surface area contributed by atoms with Gasteiger partial charge < -0.3 is 15.0 Å². The quantitative estimate of drug-likeness (QED) is 0.905. The molecule has 2 aliphatic heterocycles. The van der Waals surface area contributed by atoms with E-state index < -0.39 is 12.1 Å². The first kappa shape index (κ1) is 15.3. The molecule has 2 heterocycles. The van der Waals surface area contributed by atoms with Gasteiger partial charge in [0.1, 0.15) is 12.1 Å². The van der Waals surface area contributed by atoms with Crippen molar-refractivity contribution in [3.63, 3.8) is 0 Å². The molecule has 0 radical (unpaired) electrons. The molecular formula is C16H19ClN2O3. The highest BCUT2D eigenvalue weighted by Gasteiger charge is 2.40. The third kappa shape index (κ3) is 2.83. The second-order valence-electron chi connectivity index (χ2n) is 5.76. The smallest absolute Gasteiger partial charge is 0.252 e. The van der Waals surface area contributed by atoms with Crippen molar-refractivity contribution in [1.82, 2.24) is 10.2 Å². The Morgan fingerprint density at radius 3 is 2.82 bits per heavy atom. The molecule has 1 aromatic rings. The number of hydrogen-bond donors (Lipinski definition) is 1. The van der Waals surface area contributed by atoms with Crippen LogP contribution in [0.5, 0.6) is 0 Å². The molecule has 5 nitrogen and oxygen atoms in total. The van der Waals surface area contributed by atoms with Crippen LogP contribution in [0.25, 0.3) is 0 Å². The summed E-state index contributed by atoms with van der Waals surface area (Å²) < 4.78 is 5.67. The fourth-order valence-corrected chi connectivity index (χ4v) is 3.32. The van der Waals surface area contributed by atoms with Gasteiger partial charge in [-0.2, -0.15) is 0 Å². The molecule has 0 spiro atoms. The van der Waals surface area contributed by atoms with Crippen molar-refractivity contribution in [2.75, 3.05) is 13.1 Å². The Hall–Kier alpha value is -1.59. The van der Waals surface area contributed by atoms with Crippen molar-refractivity contribution in [2.24, 2.45) is 0 Å². The van der Waals surface area contributed by atoms with Crippen LogP contribution in [-0.4, -0.2) is 42.0 Å². The normalized spacial score (nSPS) is 28.5. The molecule has 0 saturated carbocycles. The van der Waals surface area contributed by atoms with E-state index in [1.165, 1.54) is 0 Å². The highest BCUT2D eigenvalue weighted by atomic mass is 35.5. The van der Waals surface area contributed by atoms with Crippen molar-refractivity contribution in [3.8, 4) is 0 Å². The van der Waals surface area contributed by atoms with Gasteiger partial charge in [-0.3, -0.25) is 9.59 Å². The zero-order valence-corrected chi connectivity index (χ0v) is 13.2. The number of rotatable bonds is 2. The van der Waals surface area contributed by atoms with Gasteiger partial charge in [0.05, 0.1) is 6.10 Å². The molecule has 0 bridgehead atoms. The maximum absolute atomic E-state index is 12.8. The molecule has 1 N–H and O–H groups in total. The molecule has 3 rings (SSSR count). The molecule has 6 heteroatoms. The molecule has 1 aromatic carbocycles. The third-order valence-corrected chi connectivity index (χ3v) is 4.55. The summed E-state index contributed by atoms with van der Waals surface area (Å²) in [6, 6.07) is 6.46. The summed E-state index contributed by atoms with van der Waals surface area (Å²) in [5, 5.41) is 3.30. The van der Waals surface area contributed by atoms with Crippen molar-refractivity contribution in [1.29, 1.82) is 0 Å². The van der Waals surface area contributed by atoms with Crippen molar-refractivity contribution in [3.05, 3.63) is 34.9 Å². The fourth-order valence-electron chi connectivity index (χ4n) is 3.08. The van der Waals surface area contributed by atoms with Gasteiger partial charge in [0.15, 0.2) is 0 Å². The third-order valence-electron chi connectivity index (χ3n) is 4.20. The van der Waals surface area contributed by atoms with E-state index in [0.717, 1.165) is 6.42 Å².